The van der Waals surface area contributed by atoms with Gasteiger partial charge in [-0.3, -0.25) is 0 Å². The SMILES string of the molecule is C=CCNC(=O)NC(C(F)(F)F)(C(F)(F)F)C(F)(F)F. The molecule has 0 radical (unpaired) electrons. The van der Waals surface area contributed by atoms with E-state index >= 15 is 0 Å². The van der Waals surface area contributed by atoms with Crippen LogP contribution in [-0.4, -0.2) is 36.6 Å². The van der Waals surface area contributed by atoms with Crippen LogP contribution in [0.15, 0.2) is 12.7 Å². The van der Waals surface area contributed by atoms with Crippen LogP contribution in [0.1, 0.15) is 0 Å². The second-order valence-corrected chi connectivity index (χ2v) is 3.37. The predicted octanol–water partition coefficient (Wildman–Crippen LogP) is 2.90. The maximum atomic E-state index is 12.3. The molecule has 3 nitrogen and oxygen atoms in total. The number of alkyl halides is 9. The summed E-state index contributed by atoms with van der Waals surface area (Å²) in [6.07, 6.45) is -19.7. The van der Waals surface area contributed by atoms with Crippen LogP contribution in [0, 0.1) is 0 Å². The lowest BCUT2D eigenvalue weighted by Crippen LogP contribution is -2.76. The molecule has 0 unspecified atom stereocenters. The molecule has 0 aromatic rings. The molecule has 0 spiro atoms. The molecule has 0 bridgehead atoms. The third kappa shape index (κ3) is 3.28. The lowest BCUT2D eigenvalue weighted by molar-refractivity contribution is -0.386. The molecule has 0 aromatic heterocycles. The summed E-state index contributed by atoms with van der Waals surface area (Å²) in [7, 11) is 0. The number of carbonyl (C=O) groups excluding carboxylic acids is 1. The largest absolute Gasteiger partial charge is 0.429 e. The highest BCUT2D eigenvalue weighted by Gasteiger charge is 2.84. The maximum absolute atomic E-state index is 12.3. The number of hydrogen-bond donors (Lipinski definition) is 2. The Morgan fingerprint density at radius 1 is 0.900 bits per heavy atom. The number of rotatable bonds is 3. The minimum atomic E-state index is -6.84. The number of hydrogen-bond acceptors (Lipinski definition) is 1. The average Bonchev–Trinajstić information content (AvgIpc) is 2.17. The van der Waals surface area contributed by atoms with E-state index in [1.807, 2.05) is 0 Å². The van der Waals surface area contributed by atoms with E-state index in [0.717, 1.165) is 6.08 Å². The first kappa shape index (κ1) is 18.4. The molecule has 0 aliphatic carbocycles. The number of nitrogens with one attached hydrogen (secondary N) is 2. The van der Waals surface area contributed by atoms with E-state index in [1.54, 1.807) is 0 Å². The van der Waals surface area contributed by atoms with Gasteiger partial charge in [0.25, 0.3) is 0 Å². The van der Waals surface area contributed by atoms with Gasteiger partial charge in [0.2, 0.25) is 0 Å². The molecular weight excluding hydrogens is 311 g/mol. The van der Waals surface area contributed by atoms with Gasteiger partial charge in [-0.1, -0.05) is 6.08 Å². The lowest BCUT2D eigenvalue weighted by atomic mass is 9.97. The fraction of sp³-hybridized carbons (Fsp3) is 0.625. The summed E-state index contributed by atoms with van der Waals surface area (Å²) in [5.41, 5.74) is -6.36. The highest BCUT2D eigenvalue weighted by Crippen LogP contribution is 2.52. The van der Waals surface area contributed by atoms with Crippen LogP contribution in [0.2, 0.25) is 0 Å². The molecule has 0 saturated carbocycles. The van der Waals surface area contributed by atoms with Crippen LogP contribution in [-0.2, 0) is 0 Å². The van der Waals surface area contributed by atoms with Crippen molar-refractivity contribution in [3.8, 4) is 0 Å². The predicted molar refractivity (Wildman–Crippen MR) is 47.6 cm³/mol. The number of halogens is 9. The first-order valence-electron chi connectivity index (χ1n) is 4.58. The van der Waals surface area contributed by atoms with Gasteiger partial charge < -0.3 is 10.6 Å². The smallest absolute Gasteiger partial charge is 0.335 e. The van der Waals surface area contributed by atoms with Gasteiger partial charge in [0.1, 0.15) is 0 Å². The topological polar surface area (TPSA) is 41.1 Å². The highest BCUT2D eigenvalue weighted by molar-refractivity contribution is 5.75. The summed E-state index contributed by atoms with van der Waals surface area (Å²) in [6, 6.07) is -2.29. The minimum Gasteiger partial charge on any atom is -0.335 e. The summed E-state index contributed by atoms with van der Waals surface area (Å²) in [5, 5.41) is 1.25. The third-order valence-corrected chi connectivity index (χ3v) is 1.98. The van der Waals surface area contributed by atoms with Crippen molar-refractivity contribution >= 4 is 6.03 Å². The van der Waals surface area contributed by atoms with Crippen molar-refractivity contribution in [2.24, 2.45) is 0 Å². The van der Waals surface area contributed by atoms with E-state index in [4.69, 9.17) is 0 Å². The molecule has 2 N–H and O–H groups in total. The minimum absolute atomic E-state index is 0.0876. The Labute approximate surface area is 105 Å². The fourth-order valence-electron chi connectivity index (χ4n) is 1.07. The normalized spacial score (nSPS) is 13.8. The van der Waals surface area contributed by atoms with Crippen LogP contribution < -0.4 is 10.6 Å². The molecule has 0 rings (SSSR count). The second kappa shape index (κ2) is 5.40. The molecule has 0 aromatic carbocycles. The summed E-state index contributed by atoms with van der Waals surface area (Å²) in [6.45, 7) is 2.34. The number of urea groups is 1. The van der Waals surface area contributed by atoms with Gasteiger partial charge >= 0.3 is 30.1 Å². The average molecular weight is 318 g/mol. The lowest BCUT2D eigenvalue weighted by Gasteiger charge is -2.38. The zero-order valence-electron chi connectivity index (χ0n) is 9.30. The second-order valence-electron chi connectivity index (χ2n) is 3.37. The van der Waals surface area contributed by atoms with Gasteiger partial charge in [-0.25, -0.2) is 4.79 Å². The zero-order chi connectivity index (χ0) is 16.4. The zero-order valence-corrected chi connectivity index (χ0v) is 9.30. The van der Waals surface area contributed by atoms with Crippen molar-refractivity contribution in [1.82, 2.24) is 10.6 Å². The van der Waals surface area contributed by atoms with E-state index in [0.29, 0.717) is 0 Å². The van der Waals surface area contributed by atoms with Gasteiger partial charge in [0.15, 0.2) is 0 Å². The molecule has 0 aliphatic heterocycles. The van der Waals surface area contributed by atoms with Gasteiger partial charge in [0.05, 0.1) is 0 Å². The van der Waals surface area contributed by atoms with E-state index in [2.05, 4.69) is 6.58 Å². The van der Waals surface area contributed by atoms with Crippen LogP contribution in [0.3, 0.4) is 0 Å². The highest BCUT2D eigenvalue weighted by atomic mass is 19.4. The molecule has 118 valence electrons. The van der Waals surface area contributed by atoms with Crippen molar-refractivity contribution in [3.63, 3.8) is 0 Å². The Hall–Kier alpha value is -1.62. The van der Waals surface area contributed by atoms with Crippen LogP contribution >= 0.6 is 0 Å². The Morgan fingerprint density at radius 3 is 1.50 bits per heavy atom. The number of amides is 2. The van der Waals surface area contributed by atoms with Crippen LogP contribution in [0.4, 0.5) is 44.3 Å². The summed E-state index contributed by atoms with van der Waals surface area (Å²) in [5.74, 6) is 0. The van der Waals surface area contributed by atoms with Crippen molar-refractivity contribution in [1.29, 1.82) is 0 Å². The van der Waals surface area contributed by atoms with Gasteiger partial charge in [-0.15, -0.1) is 6.58 Å². The summed E-state index contributed by atoms with van der Waals surface area (Å²) in [4.78, 5) is 10.8. The molecule has 12 heteroatoms. The Bertz CT molecular complexity index is 332. The van der Waals surface area contributed by atoms with E-state index in [9.17, 15) is 44.3 Å². The van der Waals surface area contributed by atoms with E-state index in [1.165, 1.54) is 5.32 Å². The molecule has 20 heavy (non-hydrogen) atoms. The molecule has 0 atom stereocenters. The van der Waals surface area contributed by atoms with Crippen molar-refractivity contribution in [3.05, 3.63) is 12.7 Å². The Balaban J connectivity index is 5.80. The first-order chi connectivity index (χ1) is 8.70. The Morgan fingerprint density at radius 2 is 1.25 bits per heavy atom. The molecule has 0 fully saturated rings. The summed E-state index contributed by atoms with van der Waals surface area (Å²) < 4.78 is 111. The monoisotopic (exact) mass is 318 g/mol. The first-order valence-corrected chi connectivity index (χ1v) is 4.58. The van der Waals surface area contributed by atoms with Crippen LogP contribution in [0.5, 0.6) is 0 Å². The van der Waals surface area contributed by atoms with E-state index in [-0.39, 0.29) is 5.32 Å². The molecule has 0 heterocycles. The van der Waals surface area contributed by atoms with Gasteiger partial charge in [0, 0.05) is 6.54 Å². The number of carbonyl (C=O) groups is 1. The quantitative estimate of drug-likeness (QED) is 0.610. The van der Waals surface area contributed by atoms with E-state index < -0.39 is 36.6 Å². The van der Waals surface area contributed by atoms with Crippen molar-refractivity contribution in [2.45, 2.75) is 24.1 Å². The van der Waals surface area contributed by atoms with Gasteiger partial charge in [-0.05, 0) is 0 Å². The van der Waals surface area contributed by atoms with Crippen LogP contribution in [0.25, 0.3) is 0 Å². The third-order valence-electron chi connectivity index (χ3n) is 1.98. The molecule has 2 amide bonds. The molecule has 0 saturated heterocycles. The van der Waals surface area contributed by atoms with Crippen molar-refractivity contribution in [2.75, 3.05) is 6.54 Å². The standard InChI is InChI=1S/C8H7F9N2O/c1-2-3-18-4(20)19-5(6(9,10)11,7(12,13)14)8(15,16)17/h2H,1,3H2,(H2,18,19,20). The van der Waals surface area contributed by atoms with Crippen molar-refractivity contribution < 1.29 is 44.3 Å². The van der Waals surface area contributed by atoms with Gasteiger partial charge in [-0.2, -0.15) is 39.5 Å². The Kier molecular flexibility index (Phi) is 4.96. The maximum Gasteiger partial charge on any atom is 0.429 e. The fourth-order valence-corrected chi connectivity index (χ4v) is 1.07. The molecular formula is C8H7F9N2O. The molecule has 0 aliphatic rings. The summed E-state index contributed by atoms with van der Waals surface area (Å²) >= 11 is 0.